The number of rotatable bonds is 27. The fourth-order valence-electron chi connectivity index (χ4n) is 6.82. The monoisotopic (exact) mass is 1640 g/mol. The number of aliphatic hydroxyl groups is 10. The Bertz CT molecular complexity index is 1870. The first-order valence-electron chi connectivity index (χ1n) is 20.4. The Morgan fingerprint density at radius 1 is 0.382 bits per heavy atom. The van der Waals surface area contributed by atoms with Crippen LogP contribution in [0.25, 0.3) is 0 Å². The summed E-state index contributed by atoms with van der Waals surface area (Å²) in [6.07, 6.45) is 0. The fraction of sp³-hybridized carbons (Fsp3) is 0.550. The summed E-state index contributed by atoms with van der Waals surface area (Å²) in [5.74, 6) is -4.63. The van der Waals surface area contributed by atoms with Gasteiger partial charge in [0.1, 0.15) is 5.60 Å². The van der Waals surface area contributed by atoms with Gasteiger partial charge >= 0.3 is 0 Å². The average Bonchev–Trinajstić information content (AvgIpc) is 3.27. The fourth-order valence-corrected chi connectivity index (χ4v) is 16.2. The zero-order chi connectivity index (χ0) is 51.8. The number of aliphatic hydroxyl groups excluding tert-OH is 9. The van der Waals surface area contributed by atoms with E-state index in [0.29, 0.717) is 0 Å². The number of amides is 6. The van der Waals surface area contributed by atoms with E-state index >= 15 is 0 Å². The summed E-state index contributed by atoms with van der Waals surface area (Å²) in [6, 6.07) is 0. The van der Waals surface area contributed by atoms with Crippen LogP contribution in [0, 0.1) is 21.4 Å². The average molecular weight is 1640 g/mol. The number of hydrogen-bond acceptors (Lipinski definition) is 16. The van der Waals surface area contributed by atoms with E-state index in [1.807, 2.05) is 0 Å². The number of anilines is 2. The summed E-state index contributed by atoms with van der Waals surface area (Å²) in [5, 5.41) is 102. The van der Waals surface area contributed by atoms with Gasteiger partial charge in [0.25, 0.3) is 23.6 Å². The Labute approximate surface area is 474 Å². The highest BCUT2D eigenvalue weighted by atomic mass is 127. The molecule has 28 heteroatoms. The predicted octanol–water partition coefficient (Wildman–Crippen LogP) is -0.849. The first-order chi connectivity index (χ1) is 32.1. The van der Waals surface area contributed by atoms with E-state index in [0.717, 1.165) is 43.2 Å². The minimum absolute atomic E-state index is 0.0623. The molecular formula is C40H54I6N6O16. The van der Waals surface area contributed by atoms with Gasteiger partial charge in [-0.1, -0.05) is 0 Å². The van der Waals surface area contributed by atoms with Crippen LogP contribution in [0.5, 0.6) is 0 Å². The van der Waals surface area contributed by atoms with Gasteiger partial charge in [0.2, 0.25) is 11.8 Å². The molecule has 0 aliphatic rings. The van der Waals surface area contributed by atoms with Gasteiger partial charge in [0.15, 0.2) is 0 Å². The van der Waals surface area contributed by atoms with Gasteiger partial charge < -0.3 is 80.5 Å². The molecule has 0 atom stereocenters. The van der Waals surface area contributed by atoms with Crippen LogP contribution in [-0.4, -0.2) is 237 Å². The largest absolute Gasteiger partial charge is 0.395 e. The van der Waals surface area contributed by atoms with E-state index in [4.69, 9.17) is 0 Å². The lowest BCUT2D eigenvalue weighted by Crippen LogP contribution is -2.56. The SMILES string of the molecule is CC(=O)N(CC(O)(CO)CN(C(C)=O)c1c(I)c(C(=O)N(CCO)CCO)c(I)c(C(=O)N(CCO)CCO)c1I)c1c(I)c(C(=O)N(CCO)CCO)c(I)c(C(=O)N(CCO)CCO)c1I. The first-order valence-corrected chi connectivity index (χ1v) is 26.9. The number of halogens is 6. The van der Waals surface area contributed by atoms with E-state index in [1.165, 1.54) is 0 Å². The molecule has 0 bridgehead atoms. The molecule has 0 unspecified atom stereocenters. The van der Waals surface area contributed by atoms with Crippen molar-refractivity contribution in [3.8, 4) is 0 Å². The topological polar surface area (TPSA) is 324 Å². The van der Waals surface area contributed by atoms with Crippen molar-refractivity contribution in [1.82, 2.24) is 19.6 Å². The Balaban J connectivity index is 3.15. The van der Waals surface area contributed by atoms with Gasteiger partial charge in [-0.15, -0.1) is 0 Å². The molecule has 0 aliphatic heterocycles. The maximum absolute atomic E-state index is 14.3. The molecule has 0 saturated heterocycles. The second kappa shape index (κ2) is 30.4. The smallest absolute Gasteiger partial charge is 0.256 e. The second-order valence-electron chi connectivity index (χ2n) is 14.6. The van der Waals surface area contributed by atoms with Crippen LogP contribution in [0.15, 0.2) is 0 Å². The number of carbonyl (C=O) groups excluding carboxylic acids is 6. The van der Waals surface area contributed by atoms with Gasteiger partial charge in [0, 0.05) is 73.3 Å². The van der Waals surface area contributed by atoms with Crippen molar-refractivity contribution in [2.24, 2.45) is 0 Å². The lowest BCUT2D eigenvalue weighted by molar-refractivity contribution is -0.118. The highest BCUT2D eigenvalue weighted by Gasteiger charge is 2.41. The zero-order valence-electron chi connectivity index (χ0n) is 36.8. The summed E-state index contributed by atoms with van der Waals surface area (Å²) in [4.78, 5) is 91.8. The van der Waals surface area contributed by atoms with E-state index in [1.54, 1.807) is 136 Å². The summed E-state index contributed by atoms with van der Waals surface area (Å²) in [5.41, 5.74) is -3.28. The number of hydrogen-bond donors (Lipinski definition) is 10. The summed E-state index contributed by atoms with van der Waals surface area (Å²) >= 11 is 10.7. The van der Waals surface area contributed by atoms with Gasteiger partial charge in [-0.2, -0.15) is 0 Å². The third kappa shape index (κ3) is 15.4. The Hall–Kier alpha value is -0.760. The molecule has 382 valence electrons. The molecule has 0 fully saturated rings. The van der Waals surface area contributed by atoms with Crippen LogP contribution < -0.4 is 9.80 Å². The molecule has 10 N–H and O–H groups in total. The Morgan fingerprint density at radius 2 is 0.574 bits per heavy atom. The maximum Gasteiger partial charge on any atom is 0.256 e. The van der Waals surface area contributed by atoms with Crippen molar-refractivity contribution in [1.29, 1.82) is 0 Å². The van der Waals surface area contributed by atoms with Crippen LogP contribution in [0.3, 0.4) is 0 Å². The molecule has 0 aromatic heterocycles. The predicted molar refractivity (Wildman–Crippen MR) is 298 cm³/mol. The molecule has 0 spiro atoms. The third-order valence-electron chi connectivity index (χ3n) is 10.1. The molecule has 2 aromatic carbocycles. The van der Waals surface area contributed by atoms with Gasteiger partial charge in [-0.3, -0.25) is 28.8 Å². The van der Waals surface area contributed by atoms with Crippen LogP contribution in [-0.2, 0) is 9.59 Å². The van der Waals surface area contributed by atoms with Crippen molar-refractivity contribution in [3.05, 3.63) is 43.7 Å². The molecule has 0 heterocycles. The summed E-state index contributed by atoms with van der Waals surface area (Å²) in [6.45, 7) is -6.54. The molecule has 6 amide bonds. The summed E-state index contributed by atoms with van der Waals surface area (Å²) in [7, 11) is 0. The quantitative estimate of drug-likeness (QED) is 0.0488. The molecule has 0 aliphatic carbocycles. The minimum Gasteiger partial charge on any atom is -0.395 e. The van der Waals surface area contributed by atoms with Crippen LogP contribution in [0.2, 0.25) is 0 Å². The molecular weight excluding hydrogens is 1580 g/mol. The third-order valence-corrected chi connectivity index (χ3v) is 16.4. The molecule has 68 heavy (non-hydrogen) atoms. The zero-order valence-corrected chi connectivity index (χ0v) is 49.8. The van der Waals surface area contributed by atoms with Crippen LogP contribution >= 0.6 is 136 Å². The van der Waals surface area contributed by atoms with E-state index < -0.39 is 114 Å². The number of carbonyl (C=O) groups is 6. The van der Waals surface area contributed by atoms with Crippen molar-refractivity contribution in [3.63, 3.8) is 0 Å². The van der Waals surface area contributed by atoms with Crippen molar-refractivity contribution < 1.29 is 79.8 Å². The molecule has 22 nitrogen and oxygen atoms in total. The Morgan fingerprint density at radius 3 is 0.721 bits per heavy atom. The maximum atomic E-state index is 14.3. The van der Waals surface area contributed by atoms with Crippen molar-refractivity contribution in [2.45, 2.75) is 19.4 Å². The highest BCUT2D eigenvalue weighted by Crippen LogP contribution is 2.42. The molecule has 0 radical (unpaired) electrons. The van der Waals surface area contributed by atoms with Crippen molar-refractivity contribution in [2.75, 3.05) is 135 Å². The summed E-state index contributed by atoms with van der Waals surface area (Å²) < 4.78 is 0.401. The second-order valence-corrected chi connectivity index (χ2v) is 21.1. The Kier molecular flexibility index (Phi) is 28.4. The van der Waals surface area contributed by atoms with Crippen LogP contribution in [0.1, 0.15) is 55.3 Å². The lowest BCUT2D eigenvalue weighted by atomic mass is 9.99. The van der Waals surface area contributed by atoms with E-state index in [-0.39, 0.29) is 107 Å². The number of nitrogens with zero attached hydrogens (tertiary/aromatic N) is 6. The molecule has 0 saturated carbocycles. The number of benzene rings is 2. The van der Waals surface area contributed by atoms with Gasteiger partial charge in [-0.05, 0) is 136 Å². The highest BCUT2D eigenvalue weighted by molar-refractivity contribution is 14.1. The van der Waals surface area contributed by atoms with Gasteiger partial charge in [0.05, 0.1) is 120 Å². The minimum atomic E-state index is -2.50. The van der Waals surface area contributed by atoms with E-state index in [2.05, 4.69) is 0 Å². The molecule has 2 rings (SSSR count). The molecule has 2 aromatic rings. The standard InChI is InChI=1S/C40H54I6N6O16/c1-22(62)51(34-30(43)24(36(64)47(3-11-53)4-12-54)28(41)25(31(34)44)37(65)48(5-13-55)6-14-56)19-40(68,21-61)20-52(23(2)63)35-32(45)26(38(66)49(7-15-57)8-16-58)29(42)27(33(35)46)39(67)50(9-17-59)10-18-60/h53-61,68H,3-21H2,1-2H3. The van der Waals surface area contributed by atoms with Crippen molar-refractivity contribution >= 4 is 182 Å². The van der Waals surface area contributed by atoms with E-state index in [9.17, 15) is 79.8 Å². The lowest BCUT2D eigenvalue weighted by Gasteiger charge is -2.38. The normalized spacial score (nSPS) is 11.4. The van der Waals surface area contributed by atoms with Gasteiger partial charge in [-0.25, -0.2) is 0 Å². The van der Waals surface area contributed by atoms with Crippen LogP contribution in [0.4, 0.5) is 11.4 Å². The first kappa shape index (κ1) is 63.4.